The number of nitrogens with zero attached hydrogens (tertiary/aromatic N) is 2. The van der Waals surface area contributed by atoms with Crippen LogP contribution in [-0.4, -0.2) is 40.9 Å². The Kier molecular flexibility index (Phi) is 7.88. The van der Waals surface area contributed by atoms with Crippen LogP contribution in [0.25, 0.3) is 0 Å². The molecule has 3 rings (SSSR count). The van der Waals surface area contributed by atoms with E-state index in [1.165, 1.54) is 6.42 Å². The second kappa shape index (κ2) is 10.8. The number of nitrogens with one attached hydrogen (secondary N) is 3. The van der Waals surface area contributed by atoms with E-state index in [0.29, 0.717) is 6.42 Å². The molecule has 0 saturated heterocycles. The molecule has 0 aliphatic heterocycles. The molecular weight excluding hydrogens is 378 g/mol. The van der Waals surface area contributed by atoms with Crippen molar-refractivity contribution in [1.29, 1.82) is 0 Å². The maximum Gasteiger partial charge on any atom is 0.247 e. The van der Waals surface area contributed by atoms with Crippen LogP contribution in [0.4, 0.5) is 11.4 Å². The van der Waals surface area contributed by atoms with Crippen LogP contribution in [-0.2, 0) is 16.0 Å². The Morgan fingerprint density at radius 3 is 2.43 bits per heavy atom. The van der Waals surface area contributed by atoms with Gasteiger partial charge >= 0.3 is 0 Å². The van der Waals surface area contributed by atoms with Gasteiger partial charge in [-0.15, -0.1) is 0 Å². The predicted octanol–water partition coefficient (Wildman–Crippen LogP) is 3.50. The van der Waals surface area contributed by atoms with Crippen LogP contribution in [0.2, 0.25) is 0 Å². The van der Waals surface area contributed by atoms with Crippen LogP contribution >= 0.6 is 0 Å². The molecule has 1 aliphatic carbocycles. The van der Waals surface area contributed by atoms with E-state index in [9.17, 15) is 9.59 Å². The van der Waals surface area contributed by atoms with Gasteiger partial charge in [-0.1, -0.05) is 19.3 Å². The minimum atomic E-state index is -0.651. The summed E-state index contributed by atoms with van der Waals surface area (Å²) in [6.45, 7) is 6.10. The van der Waals surface area contributed by atoms with Crippen molar-refractivity contribution in [2.45, 2.75) is 58.4 Å². The summed E-state index contributed by atoms with van der Waals surface area (Å²) in [6, 6.07) is 7.17. The maximum absolute atomic E-state index is 13.0. The molecule has 1 aliphatic rings. The minimum Gasteiger partial charge on any atom is -0.372 e. The molecule has 1 fully saturated rings. The second-order valence-electron chi connectivity index (χ2n) is 7.89. The average Bonchev–Trinajstić information content (AvgIpc) is 3.29. The number of aromatic nitrogens is 2. The number of carbonyl (C=O) groups is 2. The molecule has 1 heterocycles. The monoisotopic (exact) mass is 411 g/mol. The highest BCUT2D eigenvalue weighted by Gasteiger charge is 2.27. The lowest BCUT2D eigenvalue weighted by molar-refractivity contribution is -0.130. The number of anilines is 2. The molecule has 1 aromatic heterocycles. The average molecular weight is 412 g/mol. The number of H-pyrrole nitrogens is 1. The summed E-state index contributed by atoms with van der Waals surface area (Å²) in [5.41, 5.74) is 2.66. The summed E-state index contributed by atoms with van der Waals surface area (Å²) in [6.07, 6.45) is 8.79. The Hall–Kier alpha value is -2.83. The standard InChI is InChI=1S/C23H33N5O2/c1-3-28(4-2)20-12-10-18(11-13-20)26-23(30)21(14-19-15-24-16-25-19)27-22(29)17-8-6-5-7-9-17/h10-13,15-17,21H,3-9,14H2,1-2H3,(H,24,25)(H,26,30)(H,27,29)/t21-/m1/s1. The van der Waals surface area contributed by atoms with E-state index < -0.39 is 6.04 Å². The summed E-state index contributed by atoms with van der Waals surface area (Å²) in [4.78, 5) is 35.1. The van der Waals surface area contributed by atoms with Gasteiger partial charge in [0.1, 0.15) is 6.04 Å². The third kappa shape index (κ3) is 5.84. The normalized spacial score (nSPS) is 15.4. The summed E-state index contributed by atoms with van der Waals surface area (Å²) >= 11 is 0. The van der Waals surface area contributed by atoms with Crippen molar-refractivity contribution < 1.29 is 9.59 Å². The molecule has 2 aromatic rings. The van der Waals surface area contributed by atoms with Crippen molar-refractivity contribution in [3.05, 3.63) is 42.5 Å². The van der Waals surface area contributed by atoms with Gasteiger partial charge in [-0.05, 0) is 51.0 Å². The molecule has 7 heteroatoms. The zero-order valence-corrected chi connectivity index (χ0v) is 18.0. The Morgan fingerprint density at radius 2 is 1.83 bits per heavy atom. The molecular formula is C23H33N5O2. The summed E-state index contributed by atoms with van der Waals surface area (Å²) in [7, 11) is 0. The van der Waals surface area contributed by atoms with Gasteiger partial charge in [0.25, 0.3) is 0 Å². The van der Waals surface area contributed by atoms with E-state index in [0.717, 1.165) is 55.8 Å². The van der Waals surface area contributed by atoms with Crippen molar-refractivity contribution in [2.75, 3.05) is 23.3 Å². The van der Waals surface area contributed by atoms with Crippen molar-refractivity contribution in [3.63, 3.8) is 0 Å². The first kappa shape index (κ1) is 21.9. The van der Waals surface area contributed by atoms with Crippen molar-refractivity contribution >= 4 is 23.2 Å². The lowest BCUT2D eigenvalue weighted by Gasteiger charge is -2.24. The van der Waals surface area contributed by atoms with Gasteiger partial charge in [-0.25, -0.2) is 4.98 Å². The van der Waals surface area contributed by atoms with Gasteiger partial charge < -0.3 is 20.5 Å². The predicted molar refractivity (Wildman–Crippen MR) is 119 cm³/mol. The lowest BCUT2D eigenvalue weighted by Crippen LogP contribution is -2.47. The van der Waals surface area contributed by atoms with E-state index >= 15 is 0 Å². The quantitative estimate of drug-likeness (QED) is 0.589. The zero-order valence-electron chi connectivity index (χ0n) is 18.0. The number of imidazole rings is 1. The number of hydrogen-bond acceptors (Lipinski definition) is 4. The van der Waals surface area contributed by atoms with Gasteiger partial charge in [0.15, 0.2) is 0 Å². The molecule has 30 heavy (non-hydrogen) atoms. The van der Waals surface area contributed by atoms with Crippen molar-refractivity contribution in [1.82, 2.24) is 15.3 Å². The van der Waals surface area contributed by atoms with E-state index in [1.807, 2.05) is 24.3 Å². The van der Waals surface area contributed by atoms with Gasteiger partial charge in [0.2, 0.25) is 11.8 Å². The van der Waals surface area contributed by atoms with Crippen molar-refractivity contribution in [2.24, 2.45) is 5.92 Å². The molecule has 162 valence electrons. The number of amides is 2. The fraction of sp³-hybridized carbons (Fsp3) is 0.522. The number of carbonyl (C=O) groups excluding carboxylic acids is 2. The number of rotatable bonds is 9. The number of aromatic amines is 1. The van der Waals surface area contributed by atoms with E-state index in [-0.39, 0.29) is 17.7 Å². The van der Waals surface area contributed by atoms with Gasteiger partial charge in [-0.2, -0.15) is 0 Å². The molecule has 0 bridgehead atoms. The molecule has 3 N–H and O–H groups in total. The van der Waals surface area contributed by atoms with E-state index in [4.69, 9.17) is 0 Å². The smallest absolute Gasteiger partial charge is 0.247 e. The first-order chi connectivity index (χ1) is 14.6. The SMILES string of the molecule is CCN(CC)c1ccc(NC(=O)[C@@H](Cc2cnc[nH]2)NC(=O)C2CCCCC2)cc1. The van der Waals surface area contributed by atoms with Crippen LogP contribution in [0.1, 0.15) is 51.6 Å². The van der Waals surface area contributed by atoms with Crippen molar-refractivity contribution in [3.8, 4) is 0 Å². The summed E-state index contributed by atoms with van der Waals surface area (Å²) in [5.74, 6) is -0.236. The van der Waals surface area contributed by atoms with E-state index in [2.05, 4.69) is 39.3 Å². The Labute approximate surface area is 178 Å². The number of benzene rings is 1. The fourth-order valence-corrected chi connectivity index (χ4v) is 4.05. The minimum absolute atomic E-state index is 0.00386. The van der Waals surface area contributed by atoms with Crippen LogP contribution < -0.4 is 15.5 Å². The van der Waals surface area contributed by atoms with E-state index in [1.54, 1.807) is 12.5 Å². The highest BCUT2D eigenvalue weighted by molar-refractivity contribution is 5.97. The Bertz CT molecular complexity index is 794. The topological polar surface area (TPSA) is 90.1 Å². The molecule has 1 aromatic carbocycles. The summed E-state index contributed by atoms with van der Waals surface area (Å²) in [5, 5.41) is 5.94. The lowest BCUT2D eigenvalue weighted by atomic mass is 9.88. The summed E-state index contributed by atoms with van der Waals surface area (Å²) < 4.78 is 0. The van der Waals surface area contributed by atoms with Gasteiger partial charge in [0.05, 0.1) is 6.33 Å². The Morgan fingerprint density at radius 1 is 1.13 bits per heavy atom. The third-order valence-electron chi connectivity index (χ3n) is 5.85. The van der Waals surface area contributed by atoms with Gasteiger partial charge in [0, 0.05) is 48.7 Å². The first-order valence-electron chi connectivity index (χ1n) is 11.0. The Balaban J connectivity index is 1.67. The van der Waals surface area contributed by atoms with Crippen LogP contribution in [0, 0.1) is 5.92 Å². The largest absolute Gasteiger partial charge is 0.372 e. The molecule has 0 radical (unpaired) electrons. The van der Waals surface area contributed by atoms with Gasteiger partial charge in [-0.3, -0.25) is 9.59 Å². The third-order valence-corrected chi connectivity index (χ3v) is 5.85. The number of hydrogen-bond donors (Lipinski definition) is 3. The molecule has 1 atom stereocenters. The highest BCUT2D eigenvalue weighted by Crippen LogP contribution is 2.24. The highest BCUT2D eigenvalue weighted by atomic mass is 16.2. The molecule has 1 saturated carbocycles. The second-order valence-corrected chi connectivity index (χ2v) is 7.89. The molecule has 0 spiro atoms. The maximum atomic E-state index is 13.0. The fourth-order valence-electron chi connectivity index (χ4n) is 4.05. The van der Waals surface area contributed by atoms with Crippen LogP contribution in [0.3, 0.4) is 0 Å². The van der Waals surface area contributed by atoms with Crippen LogP contribution in [0.5, 0.6) is 0 Å². The molecule has 0 unspecified atom stereocenters. The molecule has 7 nitrogen and oxygen atoms in total. The van der Waals surface area contributed by atoms with Crippen LogP contribution in [0.15, 0.2) is 36.8 Å². The zero-order chi connectivity index (χ0) is 21.3. The first-order valence-corrected chi connectivity index (χ1v) is 11.0. The molecule has 2 amide bonds.